The van der Waals surface area contributed by atoms with Crippen molar-refractivity contribution in [3.63, 3.8) is 0 Å². The molecule has 2 aromatic carbocycles. The van der Waals surface area contributed by atoms with E-state index in [-0.39, 0.29) is 37.2 Å². The predicted octanol–water partition coefficient (Wildman–Crippen LogP) is 3.46. The third-order valence-electron chi connectivity index (χ3n) is 9.24. The van der Waals surface area contributed by atoms with Gasteiger partial charge in [0.2, 0.25) is 18.6 Å². The van der Waals surface area contributed by atoms with Crippen LogP contribution in [-0.2, 0) is 16.0 Å². The topological polar surface area (TPSA) is 78.1 Å². The number of likely N-dealkylation sites (tertiary alicyclic amines) is 1. The van der Waals surface area contributed by atoms with Crippen LogP contribution in [0.15, 0.2) is 42.5 Å². The normalized spacial score (nSPS) is 26.8. The van der Waals surface area contributed by atoms with Crippen molar-refractivity contribution in [1.29, 1.82) is 0 Å². The number of nitrogens with zero attached hydrogens (tertiary/aromatic N) is 3. The summed E-state index contributed by atoms with van der Waals surface area (Å²) in [6, 6.07) is 13.3. The molecule has 0 spiro atoms. The van der Waals surface area contributed by atoms with E-state index in [0.717, 1.165) is 59.7 Å². The van der Waals surface area contributed by atoms with Gasteiger partial charge in [0.05, 0.1) is 6.04 Å². The van der Waals surface area contributed by atoms with Crippen molar-refractivity contribution in [3.05, 3.63) is 59.3 Å². The summed E-state index contributed by atoms with van der Waals surface area (Å²) < 4.78 is 11.2. The number of hydrogen-bond donors (Lipinski definition) is 1. The highest BCUT2D eigenvalue weighted by atomic mass is 16.7. The van der Waals surface area contributed by atoms with Crippen LogP contribution in [0.5, 0.6) is 11.5 Å². The Morgan fingerprint density at radius 3 is 2.76 bits per heavy atom. The van der Waals surface area contributed by atoms with Crippen LogP contribution in [0.2, 0.25) is 0 Å². The quantitative estimate of drug-likeness (QED) is 0.567. The molecule has 3 atom stereocenters. The van der Waals surface area contributed by atoms with Gasteiger partial charge in [-0.15, -0.1) is 0 Å². The summed E-state index contributed by atoms with van der Waals surface area (Å²) in [4.78, 5) is 37.9. The van der Waals surface area contributed by atoms with Crippen LogP contribution in [-0.4, -0.2) is 76.6 Å². The molecular weight excluding hydrogens is 480 g/mol. The van der Waals surface area contributed by atoms with E-state index < -0.39 is 6.04 Å². The van der Waals surface area contributed by atoms with E-state index in [9.17, 15) is 9.59 Å². The Hall–Kier alpha value is -3.52. The first-order valence-electron chi connectivity index (χ1n) is 14.0. The number of benzene rings is 2. The molecule has 1 N–H and O–H groups in total. The molecule has 38 heavy (non-hydrogen) atoms. The number of carbonyl (C=O) groups excluding carboxylic acids is 2. The fourth-order valence-corrected chi connectivity index (χ4v) is 7.07. The predicted molar refractivity (Wildman–Crippen MR) is 141 cm³/mol. The highest BCUT2D eigenvalue weighted by Gasteiger charge is 2.50. The number of aromatic nitrogens is 1. The minimum absolute atomic E-state index is 0.0120. The van der Waals surface area contributed by atoms with Gasteiger partial charge >= 0.3 is 0 Å². The van der Waals surface area contributed by atoms with Gasteiger partial charge < -0.3 is 29.2 Å². The van der Waals surface area contributed by atoms with E-state index in [1.54, 1.807) is 0 Å². The third-order valence-corrected chi connectivity index (χ3v) is 9.24. The number of carbonyl (C=O) groups is 2. The molecule has 1 aromatic heterocycles. The summed E-state index contributed by atoms with van der Waals surface area (Å²) in [6.07, 6.45) is 5.47. The van der Waals surface area contributed by atoms with Crippen molar-refractivity contribution in [1.82, 2.24) is 19.7 Å². The van der Waals surface area contributed by atoms with Crippen LogP contribution in [0, 0.1) is 5.92 Å². The molecule has 5 heterocycles. The maximum absolute atomic E-state index is 14.2. The van der Waals surface area contributed by atoms with Crippen LogP contribution >= 0.6 is 0 Å². The van der Waals surface area contributed by atoms with E-state index in [2.05, 4.69) is 22.0 Å². The minimum atomic E-state index is -0.515. The summed E-state index contributed by atoms with van der Waals surface area (Å²) in [5.74, 6) is 2.38. The smallest absolute Gasteiger partial charge is 0.246 e. The highest BCUT2D eigenvalue weighted by Crippen LogP contribution is 2.45. The number of aromatic amines is 1. The van der Waals surface area contributed by atoms with Crippen LogP contribution in [0.4, 0.5) is 0 Å². The number of para-hydroxylation sites is 1. The summed E-state index contributed by atoms with van der Waals surface area (Å²) in [7, 11) is 0. The fourth-order valence-electron chi connectivity index (χ4n) is 7.07. The van der Waals surface area contributed by atoms with Crippen molar-refractivity contribution in [3.8, 4) is 11.5 Å². The molecule has 0 bridgehead atoms. The molecule has 1 aliphatic carbocycles. The Balaban J connectivity index is 1.15. The number of rotatable bonds is 5. The van der Waals surface area contributed by atoms with Gasteiger partial charge in [-0.2, -0.15) is 0 Å². The lowest BCUT2D eigenvalue weighted by Crippen LogP contribution is -2.65. The molecule has 4 aliphatic heterocycles. The first kappa shape index (κ1) is 22.5. The van der Waals surface area contributed by atoms with Crippen LogP contribution < -0.4 is 9.47 Å². The molecule has 2 amide bonds. The first-order chi connectivity index (χ1) is 18.6. The van der Waals surface area contributed by atoms with Crippen LogP contribution in [0.1, 0.15) is 48.5 Å². The van der Waals surface area contributed by atoms with Gasteiger partial charge in [-0.25, -0.2) is 0 Å². The van der Waals surface area contributed by atoms with Crippen LogP contribution in [0.25, 0.3) is 10.9 Å². The second-order valence-electron chi connectivity index (χ2n) is 11.5. The van der Waals surface area contributed by atoms with Crippen molar-refractivity contribution in [2.75, 3.05) is 33.0 Å². The van der Waals surface area contributed by atoms with Crippen molar-refractivity contribution in [2.45, 2.75) is 50.2 Å². The summed E-state index contributed by atoms with van der Waals surface area (Å²) in [5, 5.41) is 1.12. The Kier molecular flexibility index (Phi) is 5.02. The van der Waals surface area contributed by atoms with E-state index >= 15 is 0 Å². The Morgan fingerprint density at radius 1 is 1.00 bits per heavy atom. The molecular formula is C30H32N4O4. The van der Waals surface area contributed by atoms with Crippen LogP contribution in [0.3, 0.4) is 0 Å². The SMILES string of the molecule is O=C1[C@H]2Cc3c([nH]c4ccccc34)[C@@H](c3ccc4c(c3)OCO4)N2C(=O)CN1[C@@H]1CCN(CCC2CC2)C1. The molecule has 8 rings (SSSR count). The number of hydrogen-bond acceptors (Lipinski definition) is 5. The number of fused-ring (bicyclic) bond motifs is 5. The van der Waals surface area contributed by atoms with Crippen molar-refractivity contribution in [2.24, 2.45) is 5.92 Å². The first-order valence-corrected chi connectivity index (χ1v) is 14.0. The summed E-state index contributed by atoms with van der Waals surface area (Å²) in [6.45, 7) is 3.34. The fraction of sp³-hybridized carbons (Fsp3) is 0.467. The average Bonchev–Trinajstić information content (AvgIpc) is 3.30. The van der Waals surface area contributed by atoms with E-state index in [4.69, 9.17) is 9.47 Å². The molecule has 3 aromatic rings. The lowest BCUT2D eigenvalue weighted by atomic mass is 9.85. The van der Waals surface area contributed by atoms with Gasteiger partial charge in [0.1, 0.15) is 12.6 Å². The molecule has 0 unspecified atom stereocenters. The maximum atomic E-state index is 14.2. The standard InChI is InChI=1S/C30H32N4O4/c35-27-16-33(20-10-12-32(15-20)11-9-18-5-6-18)30(36)24-14-22-21-3-1-2-4-23(21)31-28(22)29(34(24)27)19-7-8-25-26(13-19)38-17-37-25/h1-4,7-8,13,18,20,24,29,31H,5-6,9-12,14-17H2/t20-,24-,29-/m1/s1. The molecule has 196 valence electrons. The zero-order valence-corrected chi connectivity index (χ0v) is 21.4. The van der Waals surface area contributed by atoms with Gasteiger partial charge in [-0.1, -0.05) is 37.1 Å². The highest BCUT2D eigenvalue weighted by molar-refractivity contribution is 5.98. The van der Waals surface area contributed by atoms with Gasteiger partial charge in [0, 0.05) is 42.1 Å². The number of nitrogens with one attached hydrogen (secondary N) is 1. The van der Waals surface area contributed by atoms with Gasteiger partial charge in [0.15, 0.2) is 11.5 Å². The zero-order chi connectivity index (χ0) is 25.4. The van der Waals surface area contributed by atoms with Gasteiger partial charge in [-0.05, 0) is 54.6 Å². The van der Waals surface area contributed by atoms with E-state index in [0.29, 0.717) is 17.9 Å². The Bertz CT molecular complexity index is 1450. The summed E-state index contributed by atoms with van der Waals surface area (Å²) in [5.41, 5.74) is 4.07. The summed E-state index contributed by atoms with van der Waals surface area (Å²) >= 11 is 0. The molecule has 3 fully saturated rings. The van der Waals surface area contributed by atoms with E-state index in [1.165, 1.54) is 19.3 Å². The van der Waals surface area contributed by atoms with Gasteiger partial charge in [-0.3, -0.25) is 9.59 Å². The number of ether oxygens (including phenoxy) is 2. The molecule has 1 saturated carbocycles. The molecule has 5 aliphatic rings. The monoisotopic (exact) mass is 512 g/mol. The Labute approximate surface area is 221 Å². The average molecular weight is 513 g/mol. The number of amides is 2. The second-order valence-corrected chi connectivity index (χ2v) is 11.5. The third kappa shape index (κ3) is 3.53. The zero-order valence-electron chi connectivity index (χ0n) is 21.4. The van der Waals surface area contributed by atoms with Crippen molar-refractivity contribution >= 4 is 22.7 Å². The lowest BCUT2D eigenvalue weighted by molar-refractivity contribution is -0.160. The van der Waals surface area contributed by atoms with Crippen molar-refractivity contribution < 1.29 is 19.1 Å². The molecule has 8 nitrogen and oxygen atoms in total. The maximum Gasteiger partial charge on any atom is 0.246 e. The molecule has 8 heteroatoms. The number of piperazine rings is 1. The minimum Gasteiger partial charge on any atom is -0.454 e. The second kappa shape index (κ2) is 8.50. The van der Waals surface area contributed by atoms with E-state index in [1.807, 2.05) is 40.1 Å². The van der Waals surface area contributed by atoms with Gasteiger partial charge in [0.25, 0.3) is 0 Å². The largest absolute Gasteiger partial charge is 0.454 e. The molecule has 0 radical (unpaired) electrons. The molecule has 2 saturated heterocycles. The Morgan fingerprint density at radius 2 is 1.87 bits per heavy atom. The number of H-pyrrole nitrogens is 1. The lowest BCUT2D eigenvalue weighted by Gasteiger charge is -2.48.